The van der Waals surface area contributed by atoms with Gasteiger partial charge in [0.05, 0.1) is 25.3 Å². The van der Waals surface area contributed by atoms with Crippen LogP contribution in [0.25, 0.3) is 0 Å². The molecule has 0 amide bonds. The van der Waals surface area contributed by atoms with Crippen molar-refractivity contribution in [3.05, 3.63) is 48.0 Å². The van der Waals surface area contributed by atoms with E-state index < -0.39 is 0 Å². The lowest BCUT2D eigenvalue weighted by atomic mass is 10.2. The van der Waals surface area contributed by atoms with Crippen molar-refractivity contribution < 1.29 is 9.47 Å². The first-order valence-electron chi connectivity index (χ1n) is 6.42. The van der Waals surface area contributed by atoms with Crippen LogP contribution in [0.15, 0.2) is 47.4 Å². The van der Waals surface area contributed by atoms with Gasteiger partial charge in [0, 0.05) is 22.4 Å². The molecule has 5 heteroatoms. The molecule has 0 aliphatic carbocycles. The third kappa shape index (κ3) is 4.33. The third-order valence-corrected chi connectivity index (χ3v) is 3.80. The second kappa shape index (κ2) is 7.46. The number of anilines is 1. The fraction of sp³-hybridized carbons (Fsp3) is 0.188. The second-order valence-electron chi connectivity index (χ2n) is 4.24. The molecule has 0 atom stereocenters. The number of ether oxygens (including phenoxy) is 2. The van der Waals surface area contributed by atoms with Gasteiger partial charge in [-0.2, -0.15) is 5.26 Å². The molecule has 4 nitrogen and oxygen atoms in total. The molecular weight excluding hydrogens is 284 g/mol. The highest BCUT2D eigenvalue weighted by molar-refractivity contribution is 7.99. The minimum Gasteiger partial charge on any atom is -0.496 e. The number of thioether (sulfide) groups is 1. The van der Waals surface area contributed by atoms with Crippen LogP contribution in [-0.4, -0.2) is 19.5 Å². The average Bonchev–Trinajstić information content (AvgIpc) is 2.53. The number of hydrogen-bond acceptors (Lipinski definition) is 5. The second-order valence-corrected chi connectivity index (χ2v) is 5.38. The summed E-state index contributed by atoms with van der Waals surface area (Å²) in [6.07, 6.45) is 0. The first kappa shape index (κ1) is 15.1. The van der Waals surface area contributed by atoms with Crippen LogP contribution in [0.4, 0.5) is 5.69 Å². The number of nitriles is 1. The van der Waals surface area contributed by atoms with Crippen LogP contribution in [0.3, 0.4) is 0 Å². The fourth-order valence-electron chi connectivity index (χ4n) is 1.74. The minimum absolute atomic E-state index is 0.574. The summed E-state index contributed by atoms with van der Waals surface area (Å²) in [5.41, 5.74) is 7.03. The zero-order chi connectivity index (χ0) is 15.1. The van der Waals surface area contributed by atoms with Crippen LogP contribution in [0.1, 0.15) is 5.56 Å². The Bertz CT molecular complexity index is 636. The van der Waals surface area contributed by atoms with E-state index in [1.807, 2.05) is 18.2 Å². The Hall–Kier alpha value is -2.32. The van der Waals surface area contributed by atoms with E-state index in [1.54, 1.807) is 43.1 Å². The van der Waals surface area contributed by atoms with Crippen molar-refractivity contribution in [1.29, 1.82) is 5.26 Å². The maximum Gasteiger partial charge on any atom is 0.134 e. The highest BCUT2D eigenvalue weighted by atomic mass is 32.2. The number of hydrogen-bond donors (Lipinski definition) is 1. The van der Waals surface area contributed by atoms with Crippen LogP contribution in [0.5, 0.6) is 11.5 Å². The summed E-state index contributed by atoms with van der Waals surface area (Å²) in [5, 5.41) is 8.72. The fourth-order valence-corrected chi connectivity index (χ4v) is 2.58. The van der Waals surface area contributed by atoms with Gasteiger partial charge in [0.25, 0.3) is 0 Å². The van der Waals surface area contributed by atoms with E-state index in [4.69, 9.17) is 20.5 Å². The van der Waals surface area contributed by atoms with E-state index in [1.165, 1.54) is 0 Å². The van der Waals surface area contributed by atoms with Crippen molar-refractivity contribution in [3.8, 4) is 17.6 Å². The molecule has 0 saturated heterocycles. The molecule has 2 N–H and O–H groups in total. The number of methoxy groups -OCH3 is 1. The third-order valence-electron chi connectivity index (χ3n) is 2.78. The van der Waals surface area contributed by atoms with Crippen molar-refractivity contribution >= 4 is 17.4 Å². The van der Waals surface area contributed by atoms with E-state index in [0.717, 1.165) is 22.1 Å². The maximum atomic E-state index is 8.72. The smallest absolute Gasteiger partial charge is 0.134 e. The Morgan fingerprint density at radius 3 is 2.62 bits per heavy atom. The van der Waals surface area contributed by atoms with Crippen molar-refractivity contribution in [2.45, 2.75) is 4.90 Å². The summed E-state index contributed by atoms with van der Waals surface area (Å²) < 4.78 is 10.9. The normalized spacial score (nSPS) is 9.90. The van der Waals surface area contributed by atoms with Gasteiger partial charge in [-0.15, -0.1) is 11.8 Å². The maximum absolute atomic E-state index is 8.72. The van der Waals surface area contributed by atoms with E-state index in [0.29, 0.717) is 17.9 Å². The zero-order valence-corrected chi connectivity index (χ0v) is 12.5. The molecule has 2 rings (SSSR count). The Kier molecular flexibility index (Phi) is 5.35. The van der Waals surface area contributed by atoms with E-state index in [9.17, 15) is 0 Å². The first-order valence-corrected chi connectivity index (χ1v) is 7.41. The molecule has 0 aliphatic rings. The molecule has 0 aliphatic heterocycles. The van der Waals surface area contributed by atoms with Crippen LogP contribution >= 0.6 is 11.8 Å². The number of rotatable bonds is 6. The molecule has 21 heavy (non-hydrogen) atoms. The van der Waals surface area contributed by atoms with Gasteiger partial charge >= 0.3 is 0 Å². The summed E-state index contributed by atoms with van der Waals surface area (Å²) in [4.78, 5) is 1.04. The van der Waals surface area contributed by atoms with Crippen LogP contribution < -0.4 is 15.2 Å². The predicted octanol–water partition coefficient (Wildman–Crippen LogP) is 3.32. The van der Waals surface area contributed by atoms with Gasteiger partial charge < -0.3 is 15.2 Å². The first-order chi connectivity index (χ1) is 10.2. The standard InChI is InChI=1S/C16H16N2O2S/c1-19-15-10-13(18)4-7-16(15)21-9-8-20-14-5-2-12(11-17)3-6-14/h2-7,10H,8-9,18H2,1H3. The Morgan fingerprint density at radius 1 is 1.19 bits per heavy atom. The molecule has 0 heterocycles. The largest absolute Gasteiger partial charge is 0.496 e. The van der Waals surface area contributed by atoms with Gasteiger partial charge in [-0.25, -0.2) is 0 Å². The SMILES string of the molecule is COc1cc(N)ccc1SCCOc1ccc(C#N)cc1. The topological polar surface area (TPSA) is 68.3 Å². The summed E-state index contributed by atoms with van der Waals surface area (Å²) in [7, 11) is 1.63. The predicted molar refractivity (Wildman–Crippen MR) is 84.8 cm³/mol. The van der Waals surface area contributed by atoms with E-state index in [2.05, 4.69) is 6.07 Å². The lowest BCUT2D eigenvalue weighted by molar-refractivity contribution is 0.344. The Labute approximate surface area is 128 Å². The van der Waals surface area contributed by atoms with Gasteiger partial charge in [0.2, 0.25) is 0 Å². The lowest BCUT2D eigenvalue weighted by Gasteiger charge is -2.09. The van der Waals surface area contributed by atoms with Gasteiger partial charge in [-0.1, -0.05) is 0 Å². The molecule has 2 aromatic rings. The lowest BCUT2D eigenvalue weighted by Crippen LogP contribution is -2.00. The zero-order valence-electron chi connectivity index (χ0n) is 11.7. The van der Waals surface area contributed by atoms with Gasteiger partial charge in [0.1, 0.15) is 11.5 Å². The molecule has 108 valence electrons. The molecule has 2 aromatic carbocycles. The Morgan fingerprint density at radius 2 is 1.95 bits per heavy atom. The average molecular weight is 300 g/mol. The van der Waals surface area contributed by atoms with Crippen molar-refractivity contribution in [2.24, 2.45) is 0 Å². The molecule has 0 aromatic heterocycles. The highest BCUT2D eigenvalue weighted by Crippen LogP contribution is 2.30. The van der Waals surface area contributed by atoms with Crippen molar-refractivity contribution in [2.75, 3.05) is 25.2 Å². The molecular formula is C16H16N2O2S. The summed E-state index contributed by atoms with van der Waals surface area (Å²) >= 11 is 1.65. The monoisotopic (exact) mass is 300 g/mol. The van der Waals surface area contributed by atoms with Gasteiger partial charge in [-0.3, -0.25) is 0 Å². The van der Waals surface area contributed by atoms with Crippen LogP contribution in [-0.2, 0) is 0 Å². The van der Waals surface area contributed by atoms with E-state index >= 15 is 0 Å². The number of nitrogens with two attached hydrogens (primary N) is 1. The van der Waals surface area contributed by atoms with Gasteiger partial charge in [-0.05, 0) is 36.4 Å². The number of nitrogen functional groups attached to an aromatic ring is 1. The Balaban J connectivity index is 1.83. The van der Waals surface area contributed by atoms with Crippen LogP contribution in [0.2, 0.25) is 0 Å². The number of nitrogens with zero attached hydrogens (tertiary/aromatic N) is 1. The van der Waals surface area contributed by atoms with Crippen molar-refractivity contribution in [1.82, 2.24) is 0 Å². The molecule has 0 bridgehead atoms. The molecule has 0 radical (unpaired) electrons. The summed E-state index contributed by atoms with van der Waals surface area (Å²) in [6, 6.07) is 14.8. The van der Waals surface area contributed by atoms with Gasteiger partial charge in [0.15, 0.2) is 0 Å². The molecule has 0 fully saturated rings. The molecule has 0 saturated carbocycles. The van der Waals surface area contributed by atoms with Crippen molar-refractivity contribution in [3.63, 3.8) is 0 Å². The molecule has 0 unspecified atom stereocenters. The number of benzene rings is 2. The van der Waals surface area contributed by atoms with E-state index in [-0.39, 0.29) is 0 Å². The summed E-state index contributed by atoms with van der Waals surface area (Å²) in [6.45, 7) is 0.574. The quantitative estimate of drug-likeness (QED) is 0.503. The molecule has 0 spiro atoms. The minimum atomic E-state index is 0.574. The summed E-state index contributed by atoms with van der Waals surface area (Å²) in [5.74, 6) is 2.33. The van der Waals surface area contributed by atoms with Crippen LogP contribution in [0, 0.1) is 11.3 Å². The highest BCUT2D eigenvalue weighted by Gasteiger charge is 2.04.